The average molecular weight is 218 g/mol. The maximum atomic E-state index is 11.5. The molecule has 2 aromatic rings. The number of carbonyl (C=O) groups excluding carboxylic acids is 1. The summed E-state index contributed by atoms with van der Waals surface area (Å²) in [6.07, 6.45) is 3.27. The second-order valence-corrected chi connectivity index (χ2v) is 3.23. The first-order valence-electron chi connectivity index (χ1n) is 4.73. The SMILES string of the molecule is Cc1cc(CC(=O)Nc2ncccn2)no1. The second kappa shape index (κ2) is 4.52. The molecular weight excluding hydrogens is 208 g/mol. The van der Waals surface area contributed by atoms with E-state index in [9.17, 15) is 4.79 Å². The maximum Gasteiger partial charge on any atom is 0.232 e. The van der Waals surface area contributed by atoms with Gasteiger partial charge in [-0.05, 0) is 13.0 Å². The summed E-state index contributed by atoms with van der Waals surface area (Å²) in [5.74, 6) is 0.742. The number of aromatic nitrogens is 3. The highest BCUT2D eigenvalue weighted by atomic mass is 16.5. The number of hydrogen-bond donors (Lipinski definition) is 1. The highest BCUT2D eigenvalue weighted by Crippen LogP contribution is 2.03. The zero-order chi connectivity index (χ0) is 11.4. The molecule has 0 saturated heterocycles. The van der Waals surface area contributed by atoms with Crippen molar-refractivity contribution in [2.24, 2.45) is 0 Å². The monoisotopic (exact) mass is 218 g/mol. The lowest BCUT2D eigenvalue weighted by Crippen LogP contribution is -2.16. The van der Waals surface area contributed by atoms with Gasteiger partial charge >= 0.3 is 0 Å². The topological polar surface area (TPSA) is 80.9 Å². The van der Waals surface area contributed by atoms with Crippen molar-refractivity contribution in [3.63, 3.8) is 0 Å². The fourth-order valence-corrected chi connectivity index (χ4v) is 1.20. The zero-order valence-electron chi connectivity index (χ0n) is 8.67. The lowest BCUT2D eigenvalue weighted by atomic mass is 10.3. The number of hydrogen-bond acceptors (Lipinski definition) is 5. The van der Waals surface area contributed by atoms with Crippen molar-refractivity contribution in [2.75, 3.05) is 5.32 Å². The second-order valence-electron chi connectivity index (χ2n) is 3.23. The van der Waals surface area contributed by atoms with Crippen LogP contribution in [0.15, 0.2) is 29.0 Å². The van der Waals surface area contributed by atoms with E-state index in [0.717, 1.165) is 0 Å². The van der Waals surface area contributed by atoms with E-state index in [2.05, 4.69) is 20.4 Å². The standard InChI is InChI=1S/C10H10N4O2/c1-7-5-8(14-16-7)6-9(15)13-10-11-3-2-4-12-10/h2-5H,6H2,1H3,(H,11,12,13,15). The quantitative estimate of drug-likeness (QED) is 0.829. The Bertz CT molecular complexity index is 481. The molecule has 0 unspecified atom stereocenters. The first-order valence-corrected chi connectivity index (χ1v) is 4.73. The van der Waals surface area contributed by atoms with Crippen molar-refractivity contribution < 1.29 is 9.32 Å². The van der Waals surface area contributed by atoms with E-state index in [1.165, 1.54) is 0 Å². The molecule has 2 heterocycles. The van der Waals surface area contributed by atoms with Gasteiger partial charge < -0.3 is 4.52 Å². The molecule has 0 bridgehead atoms. The van der Waals surface area contributed by atoms with Crippen LogP contribution in [-0.2, 0) is 11.2 Å². The number of aryl methyl sites for hydroxylation is 1. The Hall–Kier alpha value is -2.24. The molecule has 0 aliphatic carbocycles. The smallest absolute Gasteiger partial charge is 0.232 e. The Morgan fingerprint density at radius 2 is 2.19 bits per heavy atom. The summed E-state index contributed by atoms with van der Waals surface area (Å²) in [6.45, 7) is 1.77. The molecule has 0 atom stereocenters. The summed E-state index contributed by atoms with van der Waals surface area (Å²) in [7, 11) is 0. The lowest BCUT2D eigenvalue weighted by molar-refractivity contribution is -0.115. The maximum absolute atomic E-state index is 11.5. The normalized spacial score (nSPS) is 10.1. The molecule has 0 aliphatic rings. The van der Waals surface area contributed by atoms with E-state index in [0.29, 0.717) is 11.5 Å². The minimum absolute atomic E-state index is 0.148. The molecule has 0 aliphatic heterocycles. The number of nitrogens with zero attached hydrogens (tertiary/aromatic N) is 3. The number of amides is 1. The fourth-order valence-electron chi connectivity index (χ4n) is 1.20. The highest BCUT2D eigenvalue weighted by Gasteiger charge is 2.08. The molecule has 1 N–H and O–H groups in total. The van der Waals surface area contributed by atoms with Crippen molar-refractivity contribution in [3.8, 4) is 0 Å². The molecule has 16 heavy (non-hydrogen) atoms. The van der Waals surface area contributed by atoms with E-state index < -0.39 is 0 Å². The number of rotatable bonds is 3. The predicted octanol–water partition coefficient (Wildman–Crippen LogP) is 0.954. The molecule has 2 aromatic heterocycles. The van der Waals surface area contributed by atoms with Crippen molar-refractivity contribution in [3.05, 3.63) is 36.0 Å². The van der Waals surface area contributed by atoms with Crippen LogP contribution < -0.4 is 5.32 Å². The van der Waals surface area contributed by atoms with Crippen LogP contribution >= 0.6 is 0 Å². The molecule has 0 spiro atoms. The summed E-state index contributed by atoms with van der Waals surface area (Å²) in [4.78, 5) is 19.3. The Kier molecular flexibility index (Phi) is 2.90. The first kappa shape index (κ1) is 10.3. The van der Waals surface area contributed by atoms with Crippen LogP contribution in [0.4, 0.5) is 5.95 Å². The van der Waals surface area contributed by atoms with Crippen LogP contribution in [0.3, 0.4) is 0 Å². The van der Waals surface area contributed by atoms with Crippen LogP contribution in [0, 0.1) is 6.92 Å². The van der Waals surface area contributed by atoms with Gasteiger partial charge in [0.15, 0.2) is 0 Å². The van der Waals surface area contributed by atoms with Gasteiger partial charge in [-0.15, -0.1) is 0 Å². The van der Waals surface area contributed by atoms with Crippen LogP contribution in [0.1, 0.15) is 11.5 Å². The van der Waals surface area contributed by atoms with Gasteiger partial charge in [0, 0.05) is 18.5 Å². The van der Waals surface area contributed by atoms with Gasteiger partial charge in [-0.2, -0.15) is 0 Å². The van der Waals surface area contributed by atoms with Crippen molar-refractivity contribution >= 4 is 11.9 Å². The van der Waals surface area contributed by atoms with E-state index in [4.69, 9.17) is 4.52 Å². The fraction of sp³-hybridized carbons (Fsp3) is 0.200. The van der Waals surface area contributed by atoms with Gasteiger partial charge in [0.1, 0.15) is 5.76 Å². The minimum Gasteiger partial charge on any atom is -0.361 e. The molecule has 82 valence electrons. The van der Waals surface area contributed by atoms with Gasteiger partial charge in [0.05, 0.1) is 12.1 Å². The molecule has 0 fully saturated rings. The van der Waals surface area contributed by atoms with Crippen LogP contribution in [0.2, 0.25) is 0 Å². The molecule has 6 nitrogen and oxygen atoms in total. The zero-order valence-corrected chi connectivity index (χ0v) is 8.67. The molecule has 0 radical (unpaired) electrons. The van der Waals surface area contributed by atoms with E-state index in [1.54, 1.807) is 31.5 Å². The number of nitrogens with one attached hydrogen (secondary N) is 1. The predicted molar refractivity (Wildman–Crippen MR) is 55.6 cm³/mol. The molecule has 1 amide bonds. The van der Waals surface area contributed by atoms with Crippen molar-refractivity contribution in [2.45, 2.75) is 13.3 Å². The van der Waals surface area contributed by atoms with Crippen LogP contribution in [-0.4, -0.2) is 21.0 Å². The van der Waals surface area contributed by atoms with Gasteiger partial charge in [-0.25, -0.2) is 9.97 Å². The third-order valence-corrected chi connectivity index (χ3v) is 1.84. The van der Waals surface area contributed by atoms with Gasteiger partial charge in [-0.1, -0.05) is 5.16 Å². The highest BCUT2D eigenvalue weighted by molar-refractivity contribution is 5.90. The summed E-state index contributed by atoms with van der Waals surface area (Å²) in [6, 6.07) is 3.39. The van der Waals surface area contributed by atoms with Crippen molar-refractivity contribution in [1.82, 2.24) is 15.1 Å². The Labute approximate surface area is 91.7 Å². The third-order valence-electron chi connectivity index (χ3n) is 1.84. The van der Waals surface area contributed by atoms with Crippen LogP contribution in [0.5, 0.6) is 0 Å². The Morgan fingerprint density at radius 3 is 2.81 bits per heavy atom. The molecule has 6 heteroatoms. The summed E-state index contributed by atoms with van der Waals surface area (Å²) < 4.78 is 4.85. The van der Waals surface area contributed by atoms with E-state index in [1.807, 2.05) is 0 Å². The molecule has 0 aromatic carbocycles. The largest absolute Gasteiger partial charge is 0.361 e. The average Bonchev–Trinajstić information content (AvgIpc) is 2.65. The van der Waals surface area contributed by atoms with Gasteiger partial charge in [0.2, 0.25) is 11.9 Å². The summed E-state index contributed by atoms with van der Waals surface area (Å²) in [5, 5.41) is 6.28. The summed E-state index contributed by atoms with van der Waals surface area (Å²) in [5.41, 5.74) is 0.589. The first-order chi connectivity index (χ1) is 7.74. The van der Waals surface area contributed by atoms with Gasteiger partial charge in [-0.3, -0.25) is 10.1 Å². The van der Waals surface area contributed by atoms with E-state index in [-0.39, 0.29) is 18.3 Å². The minimum atomic E-state index is -0.223. The molecule has 0 saturated carbocycles. The third kappa shape index (κ3) is 2.63. The van der Waals surface area contributed by atoms with Crippen LogP contribution in [0.25, 0.3) is 0 Å². The molecular formula is C10H10N4O2. The van der Waals surface area contributed by atoms with Crippen molar-refractivity contribution in [1.29, 1.82) is 0 Å². The summed E-state index contributed by atoms with van der Waals surface area (Å²) >= 11 is 0. The number of carbonyl (C=O) groups is 1. The lowest BCUT2D eigenvalue weighted by Gasteiger charge is -1.99. The molecule has 2 rings (SSSR count). The van der Waals surface area contributed by atoms with Gasteiger partial charge in [0.25, 0.3) is 0 Å². The number of anilines is 1. The van der Waals surface area contributed by atoms with E-state index >= 15 is 0 Å². The Balaban J connectivity index is 1.95. The Morgan fingerprint density at radius 1 is 1.44 bits per heavy atom.